The summed E-state index contributed by atoms with van der Waals surface area (Å²) in [5.74, 6) is 0.405. The van der Waals surface area contributed by atoms with Gasteiger partial charge in [-0.1, -0.05) is 0 Å². The van der Waals surface area contributed by atoms with E-state index in [2.05, 4.69) is 4.98 Å². The van der Waals surface area contributed by atoms with Crippen LogP contribution in [0.1, 0.15) is 13.8 Å². The summed E-state index contributed by atoms with van der Waals surface area (Å²) in [5, 5.41) is 21.3. The Morgan fingerprint density at radius 1 is 1.00 bits per heavy atom. The molecule has 1 aromatic heterocycles. The highest BCUT2D eigenvalue weighted by molar-refractivity contribution is 5.98. The molecule has 114 valence electrons. The third-order valence-corrected chi connectivity index (χ3v) is 3.39. The minimum Gasteiger partial charge on any atom is -0.504 e. The number of fused-ring (bicyclic) bond motifs is 2. The highest BCUT2D eigenvalue weighted by Gasteiger charge is 2.14. The van der Waals surface area contributed by atoms with Crippen LogP contribution in [0.25, 0.3) is 21.8 Å². The lowest BCUT2D eigenvalue weighted by Gasteiger charge is -2.12. The molecule has 0 aliphatic heterocycles. The van der Waals surface area contributed by atoms with E-state index in [1.54, 1.807) is 12.1 Å². The summed E-state index contributed by atoms with van der Waals surface area (Å²) in [7, 11) is 1.43. The molecule has 0 aliphatic carbocycles. The van der Waals surface area contributed by atoms with Crippen LogP contribution >= 0.6 is 0 Å². The Bertz CT molecular complexity index is 858. The van der Waals surface area contributed by atoms with Crippen LogP contribution in [0.15, 0.2) is 30.3 Å². The minimum absolute atomic E-state index is 0.0765. The highest BCUT2D eigenvalue weighted by Crippen LogP contribution is 2.42. The first-order valence-corrected chi connectivity index (χ1v) is 6.99. The summed E-state index contributed by atoms with van der Waals surface area (Å²) in [4.78, 5) is 4.50. The van der Waals surface area contributed by atoms with Crippen molar-refractivity contribution < 1.29 is 19.7 Å². The van der Waals surface area contributed by atoms with Gasteiger partial charge in [0.15, 0.2) is 11.5 Å². The monoisotopic (exact) mass is 299 g/mol. The van der Waals surface area contributed by atoms with Crippen LogP contribution < -0.4 is 9.47 Å². The molecule has 2 N–H and O–H groups in total. The smallest absolute Gasteiger partial charge is 0.201 e. The molecule has 0 radical (unpaired) electrons. The molecule has 0 fully saturated rings. The van der Waals surface area contributed by atoms with Gasteiger partial charge in [-0.3, -0.25) is 0 Å². The summed E-state index contributed by atoms with van der Waals surface area (Å²) in [6, 6.07) is 8.96. The Morgan fingerprint density at radius 2 is 1.77 bits per heavy atom. The summed E-state index contributed by atoms with van der Waals surface area (Å²) in [5.41, 5.74) is 1.33. The first-order chi connectivity index (χ1) is 10.5. The van der Waals surface area contributed by atoms with Gasteiger partial charge < -0.3 is 19.7 Å². The maximum atomic E-state index is 10.1. The highest BCUT2D eigenvalue weighted by atomic mass is 16.5. The van der Waals surface area contributed by atoms with Crippen molar-refractivity contribution in [3.05, 3.63) is 30.3 Å². The fourth-order valence-electron chi connectivity index (χ4n) is 2.41. The molecule has 5 heteroatoms. The molecule has 0 aliphatic rings. The van der Waals surface area contributed by atoms with E-state index in [0.29, 0.717) is 10.9 Å². The van der Waals surface area contributed by atoms with Gasteiger partial charge in [-0.25, -0.2) is 4.98 Å². The SMILES string of the molecule is COc1cc2nc3ccc(OC(C)C)cc3cc2c(O)c1O. The number of aromatic nitrogens is 1. The fraction of sp³-hybridized carbons (Fsp3) is 0.235. The molecule has 0 amide bonds. The van der Waals surface area contributed by atoms with Gasteiger partial charge in [-0.15, -0.1) is 0 Å². The average Bonchev–Trinajstić information content (AvgIpc) is 2.49. The number of nitrogens with zero attached hydrogens (tertiary/aromatic N) is 1. The fourth-order valence-corrected chi connectivity index (χ4v) is 2.41. The summed E-state index contributed by atoms with van der Waals surface area (Å²) in [6.07, 6.45) is 0.0765. The van der Waals surface area contributed by atoms with Crippen molar-refractivity contribution in [2.45, 2.75) is 20.0 Å². The van der Waals surface area contributed by atoms with E-state index in [1.807, 2.05) is 32.0 Å². The number of phenols is 2. The van der Waals surface area contributed by atoms with Gasteiger partial charge in [0, 0.05) is 16.8 Å². The van der Waals surface area contributed by atoms with Gasteiger partial charge in [0.2, 0.25) is 5.75 Å². The molecule has 5 nitrogen and oxygen atoms in total. The van der Waals surface area contributed by atoms with Gasteiger partial charge in [-0.05, 0) is 38.1 Å². The number of hydrogen-bond acceptors (Lipinski definition) is 5. The zero-order chi connectivity index (χ0) is 15.9. The summed E-state index contributed by atoms with van der Waals surface area (Å²) >= 11 is 0. The lowest BCUT2D eigenvalue weighted by molar-refractivity contribution is 0.243. The number of ether oxygens (including phenoxy) is 2. The number of aromatic hydroxyl groups is 2. The Morgan fingerprint density at radius 3 is 2.45 bits per heavy atom. The van der Waals surface area contributed by atoms with Crippen molar-refractivity contribution in [2.24, 2.45) is 0 Å². The van der Waals surface area contributed by atoms with Gasteiger partial charge in [-0.2, -0.15) is 0 Å². The third-order valence-electron chi connectivity index (χ3n) is 3.39. The van der Waals surface area contributed by atoms with Crippen LogP contribution in [-0.2, 0) is 0 Å². The maximum Gasteiger partial charge on any atom is 0.201 e. The number of hydrogen-bond donors (Lipinski definition) is 2. The molecule has 0 spiro atoms. The van der Waals surface area contributed by atoms with E-state index >= 15 is 0 Å². The molecule has 0 saturated heterocycles. The second-order valence-electron chi connectivity index (χ2n) is 5.35. The molecule has 3 aromatic rings. The van der Waals surface area contributed by atoms with Crippen LogP contribution in [0.3, 0.4) is 0 Å². The lowest BCUT2D eigenvalue weighted by Crippen LogP contribution is -2.05. The number of methoxy groups -OCH3 is 1. The first kappa shape index (κ1) is 14.3. The minimum atomic E-state index is -0.286. The van der Waals surface area contributed by atoms with Crippen molar-refractivity contribution in [1.82, 2.24) is 4.98 Å². The molecule has 0 bridgehead atoms. The van der Waals surface area contributed by atoms with Crippen molar-refractivity contribution in [3.63, 3.8) is 0 Å². The topological polar surface area (TPSA) is 71.8 Å². The van der Waals surface area contributed by atoms with Crippen LogP contribution in [-0.4, -0.2) is 28.4 Å². The van der Waals surface area contributed by atoms with Gasteiger partial charge in [0.1, 0.15) is 5.75 Å². The number of rotatable bonds is 3. The number of benzene rings is 2. The largest absolute Gasteiger partial charge is 0.504 e. The molecule has 3 rings (SSSR count). The van der Waals surface area contributed by atoms with E-state index in [9.17, 15) is 10.2 Å². The normalized spacial score (nSPS) is 11.3. The lowest BCUT2D eigenvalue weighted by atomic mass is 10.1. The van der Waals surface area contributed by atoms with Crippen molar-refractivity contribution >= 4 is 21.8 Å². The molecule has 1 heterocycles. The first-order valence-electron chi connectivity index (χ1n) is 6.99. The molecule has 0 unspecified atom stereocenters. The van der Waals surface area contributed by atoms with Crippen molar-refractivity contribution in [1.29, 1.82) is 0 Å². The second-order valence-corrected chi connectivity index (χ2v) is 5.35. The van der Waals surface area contributed by atoms with E-state index in [4.69, 9.17) is 9.47 Å². The molecule has 0 saturated carbocycles. The quantitative estimate of drug-likeness (QED) is 0.571. The molecular weight excluding hydrogens is 282 g/mol. The zero-order valence-electron chi connectivity index (χ0n) is 12.6. The van der Waals surface area contributed by atoms with Gasteiger partial charge in [0.05, 0.1) is 24.2 Å². The average molecular weight is 299 g/mol. The third kappa shape index (κ3) is 2.35. The molecule has 2 aromatic carbocycles. The van der Waals surface area contributed by atoms with E-state index < -0.39 is 0 Å². The summed E-state index contributed by atoms with van der Waals surface area (Å²) in [6.45, 7) is 3.91. The Hall–Kier alpha value is -2.69. The molecular formula is C17H17NO4. The number of phenolic OH excluding ortho intramolecular Hbond substituents is 2. The van der Waals surface area contributed by atoms with Crippen LogP contribution in [0.4, 0.5) is 0 Å². The van der Waals surface area contributed by atoms with Crippen molar-refractivity contribution in [2.75, 3.05) is 7.11 Å². The van der Waals surface area contributed by atoms with E-state index in [0.717, 1.165) is 16.7 Å². The predicted molar refractivity (Wildman–Crippen MR) is 84.9 cm³/mol. The van der Waals surface area contributed by atoms with E-state index in [-0.39, 0.29) is 23.4 Å². The van der Waals surface area contributed by atoms with Crippen LogP contribution in [0.5, 0.6) is 23.0 Å². The van der Waals surface area contributed by atoms with Gasteiger partial charge >= 0.3 is 0 Å². The molecule has 22 heavy (non-hydrogen) atoms. The van der Waals surface area contributed by atoms with Crippen LogP contribution in [0, 0.1) is 0 Å². The van der Waals surface area contributed by atoms with E-state index in [1.165, 1.54) is 7.11 Å². The van der Waals surface area contributed by atoms with Gasteiger partial charge in [0.25, 0.3) is 0 Å². The maximum absolute atomic E-state index is 10.1. The van der Waals surface area contributed by atoms with Crippen LogP contribution in [0.2, 0.25) is 0 Å². The standard InChI is InChI=1S/C17H17NO4/c1-9(2)22-11-4-5-13-10(6-11)7-12-14(18-13)8-15(21-3)17(20)16(12)19/h4-9,19-20H,1-3H3. The predicted octanol–water partition coefficient (Wildman–Crippen LogP) is 3.60. The Balaban J connectivity index is 2.24. The summed E-state index contributed by atoms with van der Waals surface area (Å²) < 4.78 is 10.7. The zero-order valence-corrected chi connectivity index (χ0v) is 12.6. The Kier molecular flexibility index (Phi) is 3.41. The second kappa shape index (κ2) is 5.26. The van der Waals surface area contributed by atoms with Crippen molar-refractivity contribution in [3.8, 4) is 23.0 Å². The number of pyridine rings is 1. The molecule has 0 atom stereocenters. The Labute approximate surface area is 127 Å².